The van der Waals surface area contributed by atoms with Gasteiger partial charge in [-0.3, -0.25) is 4.57 Å². The fraction of sp³-hybridized carbons (Fsp3) is 0.444. The summed E-state index contributed by atoms with van der Waals surface area (Å²) < 4.78 is 7.02. The molecule has 2 aromatic rings. The van der Waals surface area contributed by atoms with Gasteiger partial charge < -0.3 is 4.74 Å². The minimum Gasteiger partial charge on any atom is -0.443 e. The molecular weight excluding hydrogens is 276 g/mol. The van der Waals surface area contributed by atoms with Crippen LogP contribution in [0.15, 0.2) is 24.4 Å². The number of aromatic nitrogens is 1. The van der Waals surface area contributed by atoms with Gasteiger partial charge in [-0.25, -0.2) is 4.79 Å². The highest BCUT2D eigenvalue weighted by atomic mass is 16.6. The highest BCUT2D eigenvalue weighted by Crippen LogP contribution is 2.32. The molecule has 0 N–H and O–H groups in total. The maximum atomic E-state index is 12.3. The van der Waals surface area contributed by atoms with Crippen molar-refractivity contribution in [3.63, 3.8) is 0 Å². The summed E-state index contributed by atoms with van der Waals surface area (Å²) in [6, 6.07) is 8.34. The van der Waals surface area contributed by atoms with E-state index in [9.17, 15) is 4.79 Å². The third kappa shape index (κ3) is 2.59. The Kier molecular flexibility index (Phi) is 3.44. The first-order valence-corrected chi connectivity index (χ1v) is 7.64. The van der Waals surface area contributed by atoms with E-state index in [4.69, 9.17) is 10.00 Å². The molecule has 0 bridgehead atoms. The van der Waals surface area contributed by atoms with Crippen molar-refractivity contribution in [2.75, 3.05) is 0 Å². The molecule has 0 saturated heterocycles. The lowest BCUT2D eigenvalue weighted by molar-refractivity contribution is 0.0544. The summed E-state index contributed by atoms with van der Waals surface area (Å²) in [5, 5.41) is 10.2. The lowest BCUT2D eigenvalue weighted by Gasteiger charge is -2.21. The van der Waals surface area contributed by atoms with Crippen molar-refractivity contribution in [2.45, 2.75) is 45.6 Å². The van der Waals surface area contributed by atoms with Gasteiger partial charge in [0.2, 0.25) is 0 Å². The third-order valence-corrected chi connectivity index (χ3v) is 4.06. The van der Waals surface area contributed by atoms with Crippen molar-refractivity contribution in [2.24, 2.45) is 5.92 Å². The summed E-state index contributed by atoms with van der Waals surface area (Å²) >= 11 is 0. The predicted molar refractivity (Wildman–Crippen MR) is 84.7 cm³/mol. The second-order valence-corrected chi connectivity index (χ2v) is 6.87. The van der Waals surface area contributed by atoms with Gasteiger partial charge in [0.15, 0.2) is 0 Å². The van der Waals surface area contributed by atoms with E-state index in [-0.39, 0.29) is 12.0 Å². The number of carbonyl (C=O) groups excluding carboxylic acids is 1. The number of benzene rings is 1. The van der Waals surface area contributed by atoms with Crippen molar-refractivity contribution in [3.05, 3.63) is 35.5 Å². The molecule has 1 heterocycles. The fourth-order valence-electron chi connectivity index (χ4n) is 3.08. The van der Waals surface area contributed by atoms with E-state index in [2.05, 4.69) is 6.07 Å². The van der Waals surface area contributed by atoms with Gasteiger partial charge in [-0.15, -0.1) is 0 Å². The maximum Gasteiger partial charge on any atom is 0.418 e. The monoisotopic (exact) mass is 296 g/mol. The van der Waals surface area contributed by atoms with E-state index in [0.717, 1.165) is 30.2 Å². The highest BCUT2D eigenvalue weighted by Gasteiger charge is 2.23. The Morgan fingerprint density at radius 3 is 2.82 bits per heavy atom. The molecule has 0 aliphatic heterocycles. The van der Waals surface area contributed by atoms with Crippen molar-refractivity contribution >= 4 is 17.0 Å². The molecule has 22 heavy (non-hydrogen) atoms. The van der Waals surface area contributed by atoms with Crippen LogP contribution in [0.2, 0.25) is 0 Å². The van der Waals surface area contributed by atoms with Crippen LogP contribution in [0.3, 0.4) is 0 Å². The zero-order valence-electron chi connectivity index (χ0n) is 13.2. The Morgan fingerprint density at radius 1 is 1.36 bits per heavy atom. The van der Waals surface area contributed by atoms with Crippen molar-refractivity contribution in [1.82, 2.24) is 4.57 Å². The zero-order valence-corrected chi connectivity index (χ0v) is 13.2. The molecule has 3 rings (SSSR count). The number of hydrogen-bond donors (Lipinski definition) is 0. The third-order valence-electron chi connectivity index (χ3n) is 4.06. The van der Waals surface area contributed by atoms with Crippen molar-refractivity contribution in [1.29, 1.82) is 5.26 Å². The van der Waals surface area contributed by atoms with Crippen LogP contribution in [0.25, 0.3) is 10.9 Å². The van der Waals surface area contributed by atoms with E-state index in [0.29, 0.717) is 0 Å². The largest absolute Gasteiger partial charge is 0.443 e. The van der Waals surface area contributed by atoms with Crippen LogP contribution in [-0.2, 0) is 17.6 Å². The number of fused-ring (bicyclic) bond motifs is 3. The Balaban J connectivity index is 2.01. The Hall–Kier alpha value is -2.28. The van der Waals surface area contributed by atoms with E-state index < -0.39 is 5.60 Å². The highest BCUT2D eigenvalue weighted by molar-refractivity contribution is 5.92. The van der Waals surface area contributed by atoms with Crippen LogP contribution in [0.1, 0.15) is 38.3 Å². The van der Waals surface area contributed by atoms with Crippen molar-refractivity contribution < 1.29 is 9.53 Å². The maximum absolute atomic E-state index is 12.3. The quantitative estimate of drug-likeness (QED) is 0.737. The van der Waals surface area contributed by atoms with Crippen LogP contribution >= 0.6 is 0 Å². The van der Waals surface area contributed by atoms with Crippen LogP contribution < -0.4 is 0 Å². The number of nitrogens with zero attached hydrogens (tertiary/aromatic N) is 2. The van der Waals surface area contributed by atoms with Crippen molar-refractivity contribution in [3.8, 4) is 6.07 Å². The van der Waals surface area contributed by atoms with Gasteiger partial charge in [-0.1, -0.05) is 6.07 Å². The van der Waals surface area contributed by atoms with Gasteiger partial charge in [0.25, 0.3) is 0 Å². The molecule has 0 amide bonds. The molecular formula is C18H20N2O2. The van der Waals surface area contributed by atoms with Crippen LogP contribution in [0.4, 0.5) is 4.79 Å². The van der Waals surface area contributed by atoms with Gasteiger partial charge in [0.1, 0.15) is 5.60 Å². The number of rotatable bonds is 0. The van der Waals surface area contributed by atoms with E-state index in [1.165, 1.54) is 11.1 Å². The smallest absolute Gasteiger partial charge is 0.418 e. The average Bonchev–Trinajstić information content (AvgIpc) is 2.89. The molecule has 1 aromatic carbocycles. The Bertz CT molecular complexity index is 775. The molecule has 1 unspecified atom stereocenters. The molecule has 0 radical (unpaired) electrons. The minimum absolute atomic E-state index is 0.109. The second kappa shape index (κ2) is 5.17. The van der Waals surface area contributed by atoms with Gasteiger partial charge in [-0.05, 0) is 63.3 Å². The van der Waals surface area contributed by atoms with Gasteiger partial charge in [-0.2, -0.15) is 5.26 Å². The number of carbonyl (C=O) groups is 1. The molecule has 0 saturated carbocycles. The molecule has 1 aromatic heterocycles. The molecule has 1 aliphatic carbocycles. The fourth-order valence-corrected chi connectivity index (χ4v) is 3.08. The molecule has 1 atom stereocenters. The molecule has 0 fully saturated rings. The van der Waals surface area contributed by atoms with E-state index in [1.807, 2.05) is 39.0 Å². The van der Waals surface area contributed by atoms with Crippen LogP contribution in [0, 0.1) is 17.2 Å². The van der Waals surface area contributed by atoms with Crippen LogP contribution in [0.5, 0.6) is 0 Å². The SMILES string of the molecule is CC(C)(C)OC(=O)n1ccc2c3c(ccc21)CC(C#N)CC3. The number of hydrogen-bond acceptors (Lipinski definition) is 3. The molecule has 114 valence electrons. The first-order valence-electron chi connectivity index (χ1n) is 7.64. The summed E-state index contributed by atoms with van der Waals surface area (Å²) in [6.07, 6.45) is 4.01. The summed E-state index contributed by atoms with van der Waals surface area (Å²) in [6.45, 7) is 5.58. The topological polar surface area (TPSA) is 55.0 Å². The first-order chi connectivity index (χ1) is 10.4. The van der Waals surface area contributed by atoms with Gasteiger partial charge in [0, 0.05) is 11.6 Å². The minimum atomic E-state index is -0.512. The van der Waals surface area contributed by atoms with E-state index >= 15 is 0 Å². The second-order valence-electron chi connectivity index (χ2n) is 6.87. The molecule has 1 aliphatic rings. The predicted octanol–water partition coefficient (Wildman–Crippen LogP) is 4.05. The first kappa shape index (κ1) is 14.6. The number of ether oxygens (including phenoxy) is 1. The normalized spacial score (nSPS) is 17.8. The molecule has 4 nitrogen and oxygen atoms in total. The number of nitriles is 1. The molecule has 0 spiro atoms. The summed E-state index contributed by atoms with van der Waals surface area (Å²) in [4.78, 5) is 12.3. The lowest BCUT2D eigenvalue weighted by atomic mass is 9.83. The summed E-state index contributed by atoms with van der Waals surface area (Å²) in [7, 11) is 0. The summed E-state index contributed by atoms with van der Waals surface area (Å²) in [5.41, 5.74) is 2.86. The van der Waals surface area contributed by atoms with Gasteiger partial charge in [0.05, 0.1) is 17.5 Å². The lowest BCUT2D eigenvalue weighted by Crippen LogP contribution is -2.26. The molecule has 4 heteroatoms. The van der Waals surface area contributed by atoms with Crippen LogP contribution in [-0.4, -0.2) is 16.3 Å². The Labute approximate surface area is 130 Å². The zero-order chi connectivity index (χ0) is 15.9. The Morgan fingerprint density at radius 2 is 2.14 bits per heavy atom. The standard InChI is InChI=1S/C18H20N2O2/c1-18(2,3)22-17(21)20-9-8-15-14-6-4-12(11-19)10-13(14)5-7-16(15)20/h5,7-9,12H,4,6,10H2,1-3H3. The summed E-state index contributed by atoms with van der Waals surface area (Å²) in [5.74, 6) is 0.109. The van der Waals surface area contributed by atoms with Gasteiger partial charge >= 0.3 is 6.09 Å². The average molecular weight is 296 g/mol. The number of aryl methyl sites for hydroxylation is 1. The van der Waals surface area contributed by atoms with E-state index in [1.54, 1.807) is 10.8 Å².